The second kappa shape index (κ2) is 2.97. The Labute approximate surface area is 56.2 Å². The zero-order chi connectivity index (χ0) is 7.49. The van der Waals surface area contributed by atoms with Crippen LogP contribution in [-0.2, 0) is 9.53 Å². The first-order valence-electron chi connectivity index (χ1n) is 3.00. The van der Waals surface area contributed by atoms with Crippen LogP contribution in [0.5, 0.6) is 0 Å². The van der Waals surface area contributed by atoms with Gasteiger partial charge in [0, 0.05) is 7.11 Å². The minimum absolute atomic E-state index is 0.0729. The van der Waals surface area contributed by atoms with Gasteiger partial charge in [-0.2, -0.15) is 0 Å². The summed E-state index contributed by atoms with van der Waals surface area (Å²) in [6, 6.07) is 0. The highest BCUT2D eigenvalue weighted by Gasteiger charge is 2.22. The fourth-order valence-electron chi connectivity index (χ4n) is 0.613. The topological polar surface area (TPSA) is 26.3 Å². The third-order valence-corrected chi connectivity index (χ3v) is 1.23. The van der Waals surface area contributed by atoms with Crippen molar-refractivity contribution in [2.45, 2.75) is 26.9 Å². The lowest BCUT2D eigenvalue weighted by molar-refractivity contribution is -0.121. The van der Waals surface area contributed by atoms with Crippen LogP contribution in [0.15, 0.2) is 0 Å². The summed E-state index contributed by atoms with van der Waals surface area (Å²) in [5, 5.41) is 0. The van der Waals surface area contributed by atoms with Crippen molar-refractivity contribution < 1.29 is 9.53 Å². The van der Waals surface area contributed by atoms with Crippen LogP contribution in [0.4, 0.5) is 0 Å². The standard InChI is InChI=1S/C7H14O2/c1-7(2,3)6(5-8)9-4/h5-6H,1-4H3/t6-/m0/s1. The van der Waals surface area contributed by atoms with E-state index in [2.05, 4.69) is 0 Å². The molecule has 0 radical (unpaired) electrons. The number of carbonyl (C=O) groups is 1. The summed E-state index contributed by atoms with van der Waals surface area (Å²) in [5.41, 5.74) is -0.0729. The van der Waals surface area contributed by atoms with Gasteiger partial charge in [0.15, 0.2) is 0 Å². The molecular formula is C7H14O2. The summed E-state index contributed by atoms with van der Waals surface area (Å²) in [7, 11) is 1.55. The lowest BCUT2D eigenvalue weighted by atomic mass is 9.90. The lowest BCUT2D eigenvalue weighted by Crippen LogP contribution is -2.29. The van der Waals surface area contributed by atoms with Gasteiger partial charge in [-0.25, -0.2) is 0 Å². The van der Waals surface area contributed by atoms with Gasteiger partial charge in [0.05, 0.1) is 0 Å². The van der Waals surface area contributed by atoms with E-state index in [1.807, 2.05) is 20.8 Å². The summed E-state index contributed by atoms with van der Waals surface area (Å²) >= 11 is 0. The van der Waals surface area contributed by atoms with E-state index >= 15 is 0 Å². The highest BCUT2D eigenvalue weighted by Crippen LogP contribution is 2.19. The van der Waals surface area contributed by atoms with Crippen molar-refractivity contribution in [3.8, 4) is 0 Å². The van der Waals surface area contributed by atoms with Gasteiger partial charge < -0.3 is 9.53 Å². The Morgan fingerprint density at radius 2 is 1.89 bits per heavy atom. The fraction of sp³-hybridized carbons (Fsp3) is 0.857. The molecule has 0 bridgehead atoms. The van der Waals surface area contributed by atoms with E-state index < -0.39 is 0 Å². The molecule has 54 valence electrons. The molecule has 1 atom stereocenters. The average molecular weight is 130 g/mol. The van der Waals surface area contributed by atoms with Gasteiger partial charge >= 0.3 is 0 Å². The Hall–Kier alpha value is -0.370. The minimum Gasteiger partial charge on any atom is -0.373 e. The largest absolute Gasteiger partial charge is 0.373 e. The Morgan fingerprint density at radius 3 is 1.89 bits per heavy atom. The second-order valence-corrected chi connectivity index (χ2v) is 3.16. The molecule has 9 heavy (non-hydrogen) atoms. The molecular weight excluding hydrogens is 116 g/mol. The van der Waals surface area contributed by atoms with Crippen molar-refractivity contribution in [1.29, 1.82) is 0 Å². The van der Waals surface area contributed by atoms with Crippen LogP contribution >= 0.6 is 0 Å². The molecule has 0 fully saturated rings. The molecule has 0 N–H and O–H groups in total. The molecule has 0 spiro atoms. The zero-order valence-corrected chi connectivity index (χ0v) is 6.47. The zero-order valence-electron chi connectivity index (χ0n) is 6.47. The number of rotatable bonds is 2. The molecule has 0 aliphatic rings. The third kappa shape index (κ3) is 2.61. The molecule has 0 aromatic carbocycles. The first-order valence-corrected chi connectivity index (χ1v) is 3.00. The van der Waals surface area contributed by atoms with Crippen LogP contribution in [0.25, 0.3) is 0 Å². The van der Waals surface area contributed by atoms with Crippen molar-refractivity contribution in [2.75, 3.05) is 7.11 Å². The Bertz CT molecular complexity index is 91.6. The number of hydrogen-bond acceptors (Lipinski definition) is 2. The van der Waals surface area contributed by atoms with E-state index in [-0.39, 0.29) is 11.5 Å². The first-order chi connectivity index (χ1) is 4.02. The number of methoxy groups -OCH3 is 1. The van der Waals surface area contributed by atoms with E-state index in [1.54, 1.807) is 7.11 Å². The fourth-order valence-corrected chi connectivity index (χ4v) is 0.613. The Kier molecular flexibility index (Phi) is 2.85. The summed E-state index contributed by atoms with van der Waals surface area (Å²) < 4.78 is 4.90. The molecule has 0 saturated heterocycles. The number of ether oxygens (including phenoxy) is 1. The lowest BCUT2D eigenvalue weighted by Gasteiger charge is -2.23. The summed E-state index contributed by atoms with van der Waals surface area (Å²) in [4.78, 5) is 10.3. The van der Waals surface area contributed by atoms with Crippen LogP contribution < -0.4 is 0 Å². The van der Waals surface area contributed by atoms with Crippen molar-refractivity contribution in [3.63, 3.8) is 0 Å². The molecule has 0 aliphatic carbocycles. The van der Waals surface area contributed by atoms with Gasteiger partial charge in [0.2, 0.25) is 0 Å². The molecule has 0 aromatic heterocycles. The summed E-state index contributed by atoms with van der Waals surface area (Å²) in [6.45, 7) is 5.90. The predicted molar refractivity (Wildman–Crippen MR) is 36.3 cm³/mol. The average Bonchev–Trinajstić information content (AvgIpc) is 1.65. The van der Waals surface area contributed by atoms with Crippen molar-refractivity contribution >= 4 is 6.29 Å². The second-order valence-electron chi connectivity index (χ2n) is 3.16. The molecule has 0 aromatic rings. The molecule has 0 rings (SSSR count). The molecule has 2 heteroatoms. The van der Waals surface area contributed by atoms with E-state index in [0.717, 1.165) is 6.29 Å². The molecule has 0 aliphatic heterocycles. The van der Waals surface area contributed by atoms with Crippen LogP contribution in [0.2, 0.25) is 0 Å². The SMILES string of the molecule is CO[C@@H](C=O)C(C)(C)C. The molecule has 0 amide bonds. The predicted octanol–water partition coefficient (Wildman–Crippen LogP) is 1.25. The smallest absolute Gasteiger partial charge is 0.149 e. The summed E-state index contributed by atoms with van der Waals surface area (Å²) in [6.07, 6.45) is 0.553. The summed E-state index contributed by atoms with van der Waals surface area (Å²) in [5.74, 6) is 0. The maximum absolute atomic E-state index is 10.3. The van der Waals surface area contributed by atoms with Crippen LogP contribution in [0.1, 0.15) is 20.8 Å². The first kappa shape index (κ1) is 8.63. The van der Waals surface area contributed by atoms with E-state index in [4.69, 9.17) is 4.74 Å². The van der Waals surface area contributed by atoms with Gasteiger partial charge in [-0.3, -0.25) is 0 Å². The van der Waals surface area contributed by atoms with Gasteiger partial charge in [0.1, 0.15) is 12.4 Å². The Morgan fingerprint density at radius 1 is 1.44 bits per heavy atom. The van der Waals surface area contributed by atoms with Gasteiger partial charge in [-0.15, -0.1) is 0 Å². The van der Waals surface area contributed by atoms with Crippen molar-refractivity contribution in [1.82, 2.24) is 0 Å². The molecule has 0 unspecified atom stereocenters. The van der Waals surface area contributed by atoms with Crippen LogP contribution in [-0.4, -0.2) is 19.5 Å². The number of aldehydes is 1. The third-order valence-electron chi connectivity index (χ3n) is 1.23. The monoisotopic (exact) mass is 130 g/mol. The molecule has 0 heterocycles. The normalized spacial score (nSPS) is 15.1. The van der Waals surface area contributed by atoms with Gasteiger partial charge in [-0.05, 0) is 5.41 Å². The number of carbonyl (C=O) groups excluding carboxylic acids is 1. The number of hydrogen-bond donors (Lipinski definition) is 0. The highest BCUT2D eigenvalue weighted by atomic mass is 16.5. The van der Waals surface area contributed by atoms with Crippen LogP contribution in [0.3, 0.4) is 0 Å². The highest BCUT2D eigenvalue weighted by molar-refractivity contribution is 5.57. The minimum atomic E-state index is -0.280. The Balaban J connectivity index is 3.94. The maximum Gasteiger partial charge on any atom is 0.149 e. The molecule has 0 saturated carbocycles. The molecule has 2 nitrogen and oxygen atoms in total. The van der Waals surface area contributed by atoms with Crippen LogP contribution in [0, 0.1) is 5.41 Å². The van der Waals surface area contributed by atoms with E-state index in [0.29, 0.717) is 0 Å². The maximum atomic E-state index is 10.3. The van der Waals surface area contributed by atoms with E-state index in [9.17, 15) is 4.79 Å². The van der Waals surface area contributed by atoms with E-state index in [1.165, 1.54) is 0 Å². The van der Waals surface area contributed by atoms with Crippen molar-refractivity contribution in [2.24, 2.45) is 5.41 Å². The van der Waals surface area contributed by atoms with Crippen molar-refractivity contribution in [3.05, 3.63) is 0 Å². The van der Waals surface area contributed by atoms with Gasteiger partial charge in [0.25, 0.3) is 0 Å². The van der Waals surface area contributed by atoms with Gasteiger partial charge in [-0.1, -0.05) is 20.8 Å². The quantitative estimate of drug-likeness (QED) is 0.526.